The van der Waals surface area contributed by atoms with Crippen LogP contribution in [0.5, 0.6) is 0 Å². The van der Waals surface area contributed by atoms with E-state index in [9.17, 15) is 13.6 Å². The van der Waals surface area contributed by atoms with Gasteiger partial charge in [0.15, 0.2) is 5.78 Å². The van der Waals surface area contributed by atoms with Crippen LogP contribution in [0.4, 0.5) is 8.78 Å². The lowest BCUT2D eigenvalue weighted by molar-refractivity contribution is -0.115. The lowest BCUT2D eigenvalue weighted by Gasteiger charge is -2.05. The van der Waals surface area contributed by atoms with Gasteiger partial charge in [-0.2, -0.15) is 0 Å². The third-order valence-corrected chi connectivity index (χ3v) is 2.56. The third kappa shape index (κ3) is 2.72. The predicted octanol–water partition coefficient (Wildman–Crippen LogP) is 3.42. The quantitative estimate of drug-likeness (QED) is 0.610. The Balaban J connectivity index is 3.09. The highest BCUT2D eigenvalue weighted by atomic mass is 79.9. The number of rotatable bonds is 3. The highest BCUT2D eigenvalue weighted by Gasteiger charge is 2.15. The molecular weight excluding hydrogens is 266 g/mol. The largest absolute Gasteiger partial charge is 0.294 e. The van der Waals surface area contributed by atoms with Gasteiger partial charge in [0.25, 0.3) is 0 Å². The van der Waals surface area contributed by atoms with E-state index in [1.807, 2.05) is 0 Å². The van der Waals surface area contributed by atoms with Gasteiger partial charge in [0, 0.05) is 12.0 Å². The summed E-state index contributed by atoms with van der Waals surface area (Å²) in [6.45, 7) is 4.94. The molecule has 0 heterocycles. The Morgan fingerprint density at radius 3 is 2.60 bits per heavy atom. The molecular formula is C11H9BrF2O. The molecule has 1 nitrogen and oxygen atoms in total. The topological polar surface area (TPSA) is 17.1 Å². The van der Waals surface area contributed by atoms with Gasteiger partial charge in [-0.05, 0) is 40.6 Å². The molecule has 15 heavy (non-hydrogen) atoms. The Morgan fingerprint density at radius 1 is 1.47 bits per heavy atom. The minimum atomic E-state index is -0.732. The fourth-order valence-corrected chi connectivity index (χ4v) is 1.41. The summed E-state index contributed by atoms with van der Waals surface area (Å²) in [4.78, 5) is 11.3. The smallest absolute Gasteiger partial charge is 0.162 e. The van der Waals surface area contributed by atoms with Gasteiger partial charge < -0.3 is 0 Å². The molecule has 0 N–H and O–H groups in total. The highest BCUT2D eigenvalue weighted by Crippen LogP contribution is 2.22. The average Bonchev–Trinajstić information content (AvgIpc) is 2.18. The van der Waals surface area contributed by atoms with E-state index >= 15 is 0 Å². The Kier molecular flexibility index (Phi) is 3.74. The predicted molar refractivity (Wildman–Crippen MR) is 57.6 cm³/mol. The molecule has 0 aliphatic rings. The van der Waals surface area contributed by atoms with E-state index < -0.39 is 11.6 Å². The average molecular weight is 275 g/mol. The molecule has 0 bridgehead atoms. The van der Waals surface area contributed by atoms with Crippen LogP contribution in [0.3, 0.4) is 0 Å². The number of benzene rings is 1. The van der Waals surface area contributed by atoms with Gasteiger partial charge in [-0.1, -0.05) is 6.58 Å². The second-order valence-corrected chi connectivity index (χ2v) is 4.06. The zero-order valence-corrected chi connectivity index (χ0v) is 9.70. The molecule has 1 rings (SSSR count). The summed E-state index contributed by atoms with van der Waals surface area (Å²) in [7, 11) is 0. The van der Waals surface area contributed by atoms with Crippen molar-refractivity contribution in [2.45, 2.75) is 13.3 Å². The summed E-state index contributed by atoms with van der Waals surface area (Å²) >= 11 is 2.93. The standard InChI is InChI=1S/C11H9BrF2O/c1-6(2)10(15)5-7-9(13)4-3-8(12)11(7)14/h3-4H,1,5H2,2H3. The lowest BCUT2D eigenvalue weighted by Crippen LogP contribution is -2.07. The van der Waals surface area contributed by atoms with Crippen LogP contribution in [-0.2, 0) is 11.2 Å². The Hall–Kier alpha value is -1.03. The number of hydrogen-bond acceptors (Lipinski definition) is 1. The summed E-state index contributed by atoms with van der Waals surface area (Å²) in [5, 5.41) is 0. The second kappa shape index (κ2) is 4.66. The molecule has 0 spiro atoms. The van der Waals surface area contributed by atoms with Gasteiger partial charge in [0.1, 0.15) is 11.6 Å². The monoisotopic (exact) mass is 274 g/mol. The highest BCUT2D eigenvalue weighted by molar-refractivity contribution is 9.10. The first-order chi connectivity index (χ1) is 6.93. The van der Waals surface area contributed by atoms with Crippen LogP contribution in [0.2, 0.25) is 0 Å². The van der Waals surface area contributed by atoms with Gasteiger partial charge in [0.05, 0.1) is 4.47 Å². The van der Waals surface area contributed by atoms with E-state index in [-0.39, 0.29) is 27.8 Å². The van der Waals surface area contributed by atoms with Crippen molar-refractivity contribution in [3.05, 3.63) is 46.0 Å². The normalized spacial score (nSPS) is 10.1. The van der Waals surface area contributed by atoms with Crippen molar-refractivity contribution in [1.29, 1.82) is 0 Å². The number of carbonyl (C=O) groups is 1. The molecule has 0 aliphatic heterocycles. The van der Waals surface area contributed by atoms with Crippen molar-refractivity contribution >= 4 is 21.7 Å². The van der Waals surface area contributed by atoms with E-state index in [0.717, 1.165) is 6.07 Å². The van der Waals surface area contributed by atoms with Gasteiger partial charge in [-0.25, -0.2) is 8.78 Å². The maximum Gasteiger partial charge on any atom is 0.162 e. The second-order valence-electron chi connectivity index (χ2n) is 3.20. The number of halogens is 3. The Labute approximate surface area is 94.9 Å². The summed E-state index contributed by atoms with van der Waals surface area (Å²) in [6.07, 6.45) is -0.299. The van der Waals surface area contributed by atoms with Gasteiger partial charge in [0.2, 0.25) is 0 Å². The molecule has 0 saturated carbocycles. The van der Waals surface area contributed by atoms with Crippen LogP contribution in [0.15, 0.2) is 28.8 Å². The van der Waals surface area contributed by atoms with Crippen LogP contribution in [0, 0.1) is 11.6 Å². The van der Waals surface area contributed by atoms with E-state index in [1.165, 1.54) is 13.0 Å². The van der Waals surface area contributed by atoms with Gasteiger partial charge in [-0.15, -0.1) is 0 Å². The van der Waals surface area contributed by atoms with Crippen LogP contribution in [0.25, 0.3) is 0 Å². The first-order valence-corrected chi connectivity index (χ1v) is 5.04. The molecule has 0 atom stereocenters. The van der Waals surface area contributed by atoms with Crippen LogP contribution in [-0.4, -0.2) is 5.78 Å². The summed E-state index contributed by atoms with van der Waals surface area (Å²) < 4.78 is 26.8. The number of Topliss-reactive ketones (excluding diaryl/α,β-unsaturated/α-hetero) is 1. The lowest BCUT2D eigenvalue weighted by atomic mass is 10.0. The van der Waals surface area contributed by atoms with E-state index in [0.29, 0.717) is 0 Å². The zero-order chi connectivity index (χ0) is 11.6. The number of allylic oxidation sites excluding steroid dienone is 1. The Bertz CT molecular complexity index is 427. The molecule has 0 fully saturated rings. The van der Waals surface area contributed by atoms with E-state index in [1.54, 1.807) is 0 Å². The van der Waals surface area contributed by atoms with Gasteiger partial charge >= 0.3 is 0 Å². The van der Waals surface area contributed by atoms with Crippen molar-refractivity contribution in [3.63, 3.8) is 0 Å². The van der Waals surface area contributed by atoms with E-state index in [4.69, 9.17) is 0 Å². The number of carbonyl (C=O) groups excluding carboxylic acids is 1. The maximum absolute atomic E-state index is 13.4. The van der Waals surface area contributed by atoms with E-state index in [2.05, 4.69) is 22.5 Å². The third-order valence-electron chi connectivity index (χ3n) is 1.95. The summed E-state index contributed by atoms with van der Waals surface area (Å²) in [5.74, 6) is -1.82. The first kappa shape index (κ1) is 12.0. The molecule has 0 unspecified atom stereocenters. The SMILES string of the molecule is C=C(C)C(=O)Cc1c(F)ccc(Br)c1F. The Morgan fingerprint density at radius 2 is 2.07 bits per heavy atom. The molecule has 0 radical (unpaired) electrons. The van der Waals surface area contributed by atoms with Crippen LogP contribution < -0.4 is 0 Å². The molecule has 1 aromatic carbocycles. The zero-order valence-electron chi connectivity index (χ0n) is 8.11. The number of hydrogen-bond donors (Lipinski definition) is 0. The van der Waals surface area contributed by atoms with Crippen molar-refractivity contribution in [2.75, 3.05) is 0 Å². The van der Waals surface area contributed by atoms with Crippen molar-refractivity contribution < 1.29 is 13.6 Å². The number of ketones is 1. The molecule has 0 aliphatic carbocycles. The van der Waals surface area contributed by atoms with Gasteiger partial charge in [-0.3, -0.25) is 4.79 Å². The van der Waals surface area contributed by atoms with Crippen molar-refractivity contribution in [2.24, 2.45) is 0 Å². The first-order valence-electron chi connectivity index (χ1n) is 4.24. The van der Waals surface area contributed by atoms with Crippen LogP contribution >= 0.6 is 15.9 Å². The molecule has 0 aromatic heterocycles. The molecule has 0 saturated heterocycles. The molecule has 4 heteroatoms. The summed E-state index contributed by atoms with van der Waals surface area (Å²) in [6, 6.07) is 2.38. The fourth-order valence-electron chi connectivity index (χ4n) is 1.04. The van der Waals surface area contributed by atoms with Crippen LogP contribution in [0.1, 0.15) is 12.5 Å². The molecule has 0 amide bonds. The van der Waals surface area contributed by atoms with Crippen molar-refractivity contribution in [1.82, 2.24) is 0 Å². The maximum atomic E-state index is 13.4. The molecule has 80 valence electrons. The summed E-state index contributed by atoms with van der Waals surface area (Å²) in [5.41, 5.74) is 0.0613. The minimum Gasteiger partial charge on any atom is -0.294 e. The van der Waals surface area contributed by atoms with Crippen molar-refractivity contribution in [3.8, 4) is 0 Å². The minimum absolute atomic E-state index is 0.147. The molecule has 1 aromatic rings. The fraction of sp³-hybridized carbons (Fsp3) is 0.182.